The normalized spacial score (nSPS) is 25.8. The third kappa shape index (κ3) is 1.66. The van der Waals surface area contributed by atoms with Crippen LogP contribution in [0.1, 0.15) is 12.5 Å². The van der Waals surface area contributed by atoms with Gasteiger partial charge in [-0.15, -0.1) is 0 Å². The molecule has 2 rings (SSSR count). The quantitative estimate of drug-likeness (QED) is 0.414. The Morgan fingerprint density at radius 2 is 1.92 bits per heavy atom. The highest BCUT2D eigenvalue weighted by molar-refractivity contribution is 5.35. The van der Waals surface area contributed by atoms with Gasteiger partial charge in [0.05, 0.1) is 6.10 Å². The Bertz CT molecular complexity index is 318. The van der Waals surface area contributed by atoms with Crippen LogP contribution < -0.4 is 0 Å². The average molecular weight is 158 g/mol. The van der Waals surface area contributed by atoms with Gasteiger partial charge >= 0.3 is 0 Å². The molecule has 0 aromatic heterocycles. The van der Waals surface area contributed by atoms with E-state index >= 15 is 0 Å². The maximum atomic E-state index is 5.16. The van der Waals surface area contributed by atoms with Gasteiger partial charge in [0.1, 0.15) is 6.10 Å². The molecule has 1 aliphatic heterocycles. The van der Waals surface area contributed by atoms with E-state index in [2.05, 4.69) is 11.8 Å². The molecule has 0 aliphatic carbocycles. The summed E-state index contributed by atoms with van der Waals surface area (Å²) in [6, 6.07) is 9.96. The van der Waals surface area contributed by atoms with Crippen LogP contribution >= 0.6 is 0 Å². The van der Waals surface area contributed by atoms with Gasteiger partial charge in [0.2, 0.25) is 0 Å². The monoisotopic (exact) mass is 158 g/mol. The predicted molar refractivity (Wildman–Crippen MR) is 47.7 cm³/mol. The van der Waals surface area contributed by atoms with Crippen LogP contribution in [0.5, 0.6) is 0 Å². The minimum Gasteiger partial charge on any atom is -0.356 e. The van der Waals surface area contributed by atoms with Crippen LogP contribution in [0, 0.1) is 11.8 Å². The van der Waals surface area contributed by atoms with Gasteiger partial charge in [-0.25, -0.2) is 0 Å². The second-order valence-electron chi connectivity index (χ2n) is 2.90. The van der Waals surface area contributed by atoms with Crippen LogP contribution in [0.3, 0.4) is 0 Å². The third-order valence-corrected chi connectivity index (χ3v) is 1.84. The first-order chi connectivity index (χ1) is 5.86. The Morgan fingerprint density at radius 1 is 1.25 bits per heavy atom. The number of hydrogen-bond donors (Lipinski definition) is 0. The Morgan fingerprint density at radius 3 is 2.50 bits per heavy atom. The van der Waals surface area contributed by atoms with Gasteiger partial charge in [0, 0.05) is 5.56 Å². The molecule has 0 N–H and O–H groups in total. The summed E-state index contributed by atoms with van der Waals surface area (Å²) in [6.07, 6.45) is 0.506. The molecule has 1 nitrogen and oxygen atoms in total. The van der Waals surface area contributed by atoms with Crippen molar-refractivity contribution < 1.29 is 4.74 Å². The maximum Gasteiger partial charge on any atom is 0.144 e. The lowest BCUT2D eigenvalue weighted by Gasteiger charge is -1.84. The molecule has 0 amide bonds. The Labute approximate surface area is 72.4 Å². The molecule has 1 aliphatic rings. The lowest BCUT2D eigenvalue weighted by Crippen LogP contribution is -1.82. The number of benzene rings is 1. The number of hydrogen-bond acceptors (Lipinski definition) is 1. The zero-order valence-electron chi connectivity index (χ0n) is 6.95. The minimum absolute atomic E-state index is 0.171. The fraction of sp³-hybridized carbons (Fsp3) is 0.273. The molecule has 1 fully saturated rings. The van der Waals surface area contributed by atoms with Crippen LogP contribution in [0.25, 0.3) is 0 Å². The highest BCUT2D eigenvalue weighted by Crippen LogP contribution is 2.19. The first-order valence-electron chi connectivity index (χ1n) is 4.08. The summed E-state index contributed by atoms with van der Waals surface area (Å²) in [6.45, 7) is 2.03. The fourth-order valence-corrected chi connectivity index (χ4v) is 1.01. The third-order valence-electron chi connectivity index (χ3n) is 1.84. The molecule has 12 heavy (non-hydrogen) atoms. The highest BCUT2D eigenvalue weighted by atomic mass is 16.6. The Balaban J connectivity index is 2.06. The summed E-state index contributed by atoms with van der Waals surface area (Å²) in [7, 11) is 0. The molecule has 1 saturated heterocycles. The van der Waals surface area contributed by atoms with Gasteiger partial charge in [-0.2, -0.15) is 0 Å². The number of ether oxygens (including phenoxy) is 1. The van der Waals surface area contributed by atoms with Crippen LogP contribution in [-0.4, -0.2) is 12.2 Å². The van der Waals surface area contributed by atoms with Crippen molar-refractivity contribution in [2.75, 3.05) is 0 Å². The summed E-state index contributed by atoms with van der Waals surface area (Å²) >= 11 is 0. The molecule has 1 aromatic rings. The molecular formula is C11H10O. The Hall–Kier alpha value is -1.26. The molecule has 2 atom stereocenters. The van der Waals surface area contributed by atoms with Gasteiger partial charge in [-0.1, -0.05) is 30.0 Å². The summed E-state index contributed by atoms with van der Waals surface area (Å²) < 4.78 is 5.16. The minimum atomic E-state index is 0.171. The smallest absolute Gasteiger partial charge is 0.144 e. The second kappa shape index (κ2) is 3.00. The van der Waals surface area contributed by atoms with E-state index in [0.29, 0.717) is 6.10 Å². The van der Waals surface area contributed by atoms with E-state index in [1.165, 1.54) is 0 Å². The molecule has 0 bridgehead atoms. The predicted octanol–water partition coefficient (Wildman–Crippen LogP) is 1.83. The van der Waals surface area contributed by atoms with Crippen molar-refractivity contribution in [3.63, 3.8) is 0 Å². The second-order valence-corrected chi connectivity index (χ2v) is 2.90. The average Bonchev–Trinajstić information content (AvgIpc) is 2.81. The van der Waals surface area contributed by atoms with Crippen LogP contribution in [0.15, 0.2) is 30.3 Å². The molecular weight excluding hydrogens is 148 g/mol. The van der Waals surface area contributed by atoms with E-state index in [1.807, 2.05) is 37.3 Å². The van der Waals surface area contributed by atoms with Crippen molar-refractivity contribution in [1.29, 1.82) is 0 Å². The van der Waals surface area contributed by atoms with E-state index in [1.54, 1.807) is 0 Å². The van der Waals surface area contributed by atoms with E-state index in [4.69, 9.17) is 4.74 Å². The lowest BCUT2D eigenvalue weighted by molar-refractivity contribution is 0.403. The van der Waals surface area contributed by atoms with Gasteiger partial charge in [0.15, 0.2) is 0 Å². The number of epoxide rings is 1. The van der Waals surface area contributed by atoms with Gasteiger partial charge in [0.25, 0.3) is 0 Å². The zero-order chi connectivity index (χ0) is 8.39. The van der Waals surface area contributed by atoms with Gasteiger partial charge in [-0.05, 0) is 19.1 Å². The van der Waals surface area contributed by atoms with E-state index in [0.717, 1.165) is 5.56 Å². The van der Waals surface area contributed by atoms with E-state index < -0.39 is 0 Å². The molecule has 0 radical (unpaired) electrons. The standard InChI is InChI=1S/C11H10O/c1-9-11(12-9)8-7-10-5-3-2-4-6-10/h2-6,9,11H,1H3/t9-,11?/m0/s1. The summed E-state index contributed by atoms with van der Waals surface area (Å²) in [5, 5.41) is 0. The van der Waals surface area contributed by atoms with Crippen molar-refractivity contribution in [3.05, 3.63) is 35.9 Å². The lowest BCUT2D eigenvalue weighted by atomic mass is 10.2. The van der Waals surface area contributed by atoms with E-state index in [9.17, 15) is 0 Å². The molecule has 0 spiro atoms. The molecule has 1 aromatic carbocycles. The summed E-state index contributed by atoms with van der Waals surface area (Å²) in [5.41, 5.74) is 1.06. The molecule has 1 heteroatoms. The van der Waals surface area contributed by atoms with Crippen LogP contribution in [-0.2, 0) is 4.74 Å². The van der Waals surface area contributed by atoms with Crippen molar-refractivity contribution in [1.82, 2.24) is 0 Å². The van der Waals surface area contributed by atoms with Crippen LogP contribution in [0.2, 0.25) is 0 Å². The Kier molecular flexibility index (Phi) is 1.85. The maximum absolute atomic E-state index is 5.16. The van der Waals surface area contributed by atoms with Crippen molar-refractivity contribution >= 4 is 0 Å². The molecule has 1 unspecified atom stereocenters. The molecule has 1 heterocycles. The first-order valence-corrected chi connectivity index (χ1v) is 4.08. The summed E-state index contributed by atoms with van der Waals surface area (Å²) in [4.78, 5) is 0. The van der Waals surface area contributed by atoms with Crippen molar-refractivity contribution in [2.24, 2.45) is 0 Å². The van der Waals surface area contributed by atoms with E-state index in [-0.39, 0.29) is 6.10 Å². The zero-order valence-corrected chi connectivity index (χ0v) is 6.95. The first kappa shape index (κ1) is 7.39. The topological polar surface area (TPSA) is 12.5 Å². The SMILES string of the molecule is C[C@@H]1OC1C#Cc1ccccc1. The van der Waals surface area contributed by atoms with Gasteiger partial charge < -0.3 is 4.74 Å². The van der Waals surface area contributed by atoms with Crippen LogP contribution in [0.4, 0.5) is 0 Å². The largest absolute Gasteiger partial charge is 0.356 e. The van der Waals surface area contributed by atoms with Gasteiger partial charge in [-0.3, -0.25) is 0 Å². The molecule has 60 valence electrons. The molecule has 0 saturated carbocycles. The number of rotatable bonds is 0. The van der Waals surface area contributed by atoms with Crippen molar-refractivity contribution in [3.8, 4) is 11.8 Å². The van der Waals surface area contributed by atoms with Crippen molar-refractivity contribution in [2.45, 2.75) is 19.1 Å². The summed E-state index contributed by atoms with van der Waals surface area (Å²) in [5.74, 6) is 6.11. The highest BCUT2D eigenvalue weighted by Gasteiger charge is 2.31. The fourth-order valence-electron chi connectivity index (χ4n) is 1.01.